The van der Waals surface area contributed by atoms with E-state index in [-0.39, 0.29) is 5.54 Å². The fourth-order valence-electron chi connectivity index (χ4n) is 2.84. The van der Waals surface area contributed by atoms with E-state index in [1.165, 1.54) is 19.3 Å². The molecule has 3 rings (SSSR count). The Kier molecular flexibility index (Phi) is 1.90. The Hall–Kier alpha value is -0.770. The van der Waals surface area contributed by atoms with Crippen molar-refractivity contribution in [3.05, 3.63) is 0 Å². The lowest BCUT2D eigenvalue weighted by Gasteiger charge is -2.34. The Labute approximate surface area is 84.3 Å². The van der Waals surface area contributed by atoms with Crippen molar-refractivity contribution in [2.75, 3.05) is 32.8 Å². The lowest BCUT2D eigenvalue weighted by atomic mass is 9.96. The van der Waals surface area contributed by atoms with Crippen LogP contribution in [0.15, 0.2) is 4.99 Å². The zero-order chi connectivity index (χ0) is 9.43. The molecule has 14 heavy (non-hydrogen) atoms. The third-order valence-electron chi connectivity index (χ3n) is 3.59. The van der Waals surface area contributed by atoms with Crippen molar-refractivity contribution in [3.63, 3.8) is 0 Å². The second-order valence-corrected chi connectivity index (χ2v) is 4.41. The Morgan fingerprint density at radius 2 is 2.43 bits per heavy atom. The van der Waals surface area contributed by atoms with E-state index in [0.29, 0.717) is 0 Å². The van der Waals surface area contributed by atoms with Gasteiger partial charge in [-0.15, -0.1) is 0 Å². The summed E-state index contributed by atoms with van der Waals surface area (Å²) in [6.07, 6.45) is 3.73. The number of hydrogen-bond acceptors (Lipinski definition) is 4. The van der Waals surface area contributed by atoms with E-state index >= 15 is 0 Å². The molecule has 3 aliphatic heterocycles. The third kappa shape index (κ3) is 1.13. The highest BCUT2D eigenvalue weighted by molar-refractivity contribution is 5.82. The number of ether oxygens (including phenoxy) is 1. The fraction of sp³-hybridized carbons (Fsp3) is 0.900. The SMILES string of the molecule is C1CN(C2=NCCN2)C2(C1)CCOC2. The Bertz CT molecular complexity index is 253. The van der Waals surface area contributed by atoms with Gasteiger partial charge in [0.1, 0.15) is 0 Å². The van der Waals surface area contributed by atoms with E-state index in [2.05, 4.69) is 15.2 Å². The van der Waals surface area contributed by atoms with Crippen molar-refractivity contribution in [1.29, 1.82) is 0 Å². The number of guanidine groups is 1. The number of nitrogens with one attached hydrogen (secondary N) is 1. The predicted octanol–water partition coefficient (Wildman–Crippen LogP) is 0.200. The third-order valence-corrected chi connectivity index (χ3v) is 3.59. The van der Waals surface area contributed by atoms with Gasteiger partial charge in [-0.05, 0) is 19.3 Å². The zero-order valence-corrected chi connectivity index (χ0v) is 8.46. The van der Waals surface area contributed by atoms with Gasteiger partial charge in [0.25, 0.3) is 0 Å². The molecule has 0 aromatic carbocycles. The molecule has 1 unspecified atom stereocenters. The van der Waals surface area contributed by atoms with Crippen molar-refractivity contribution in [3.8, 4) is 0 Å². The number of nitrogens with zero attached hydrogens (tertiary/aromatic N) is 2. The molecule has 0 amide bonds. The van der Waals surface area contributed by atoms with Crippen LogP contribution >= 0.6 is 0 Å². The summed E-state index contributed by atoms with van der Waals surface area (Å²) in [5.41, 5.74) is 0.288. The van der Waals surface area contributed by atoms with Crippen LogP contribution in [0.5, 0.6) is 0 Å². The summed E-state index contributed by atoms with van der Waals surface area (Å²) in [4.78, 5) is 6.96. The molecule has 3 heterocycles. The minimum atomic E-state index is 0.288. The Morgan fingerprint density at radius 1 is 1.43 bits per heavy atom. The van der Waals surface area contributed by atoms with Gasteiger partial charge in [-0.25, -0.2) is 0 Å². The van der Waals surface area contributed by atoms with Crippen LogP contribution in [0.1, 0.15) is 19.3 Å². The number of hydrogen-bond donors (Lipinski definition) is 1. The molecule has 2 fully saturated rings. The highest BCUT2D eigenvalue weighted by Gasteiger charge is 2.45. The van der Waals surface area contributed by atoms with E-state index in [9.17, 15) is 0 Å². The molecular weight excluding hydrogens is 178 g/mol. The average Bonchev–Trinajstić information content (AvgIpc) is 2.91. The van der Waals surface area contributed by atoms with Crippen LogP contribution in [0.25, 0.3) is 0 Å². The topological polar surface area (TPSA) is 36.9 Å². The normalized spacial score (nSPS) is 36.6. The number of rotatable bonds is 0. The molecule has 2 saturated heterocycles. The first-order valence-corrected chi connectivity index (χ1v) is 5.54. The maximum atomic E-state index is 5.55. The van der Waals surface area contributed by atoms with E-state index in [4.69, 9.17) is 4.74 Å². The smallest absolute Gasteiger partial charge is 0.194 e. The highest BCUT2D eigenvalue weighted by Crippen LogP contribution is 2.36. The molecule has 0 saturated carbocycles. The van der Waals surface area contributed by atoms with Gasteiger partial charge in [-0.2, -0.15) is 0 Å². The van der Waals surface area contributed by atoms with Crippen LogP contribution in [0, 0.1) is 0 Å². The summed E-state index contributed by atoms with van der Waals surface area (Å²) in [7, 11) is 0. The molecule has 78 valence electrons. The fourth-order valence-corrected chi connectivity index (χ4v) is 2.84. The van der Waals surface area contributed by atoms with Crippen molar-refractivity contribution >= 4 is 5.96 Å². The van der Waals surface area contributed by atoms with Gasteiger partial charge in [-0.1, -0.05) is 0 Å². The summed E-state index contributed by atoms with van der Waals surface area (Å²) in [6.45, 7) is 4.90. The number of likely N-dealkylation sites (tertiary alicyclic amines) is 1. The quantitative estimate of drug-likeness (QED) is 0.600. The lowest BCUT2D eigenvalue weighted by Crippen LogP contribution is -2.51. The van der Waals surface area contributed by atoms with Gasteiger partial charge in [0.05, 0.1) is 18.7 Å². The van der Waals surface area contributed by atoms with Crippen molar-refractivity contribution in [2.24, 2.45) is 4.99 Å². The van der Waals surface area contributed by atoms with Gasteiger partial charge in [0, 0.05) is 19.7 Å². The highest BCUT2D eigenvalue weighted by atomic mass is 16.5. The molecule has 3 aliphatic rings. The van der Waals surface area contributed by atoms with E-state index < -0.39 is 0 Å². The predicted molar refractivity (Wildman–Crippen MR) is 54.4 cm³/mol. The Balaban J connectivity index is 1.83. The molecule has 0 radical (unpaired) electrons. The van der Waals surface area contributed by atoms with Crippen LogP contribution < -0.4 is 5.32 Å². The minimum absolute atomic E-state index is 0.288. The van der Waals surface area contributed by atoms with Crippen LogP contribution in [0.4, 0.5) is 0 Å². The molecular formula is C10H17N3O. The Morgan fingerprint density at radius 3 is 3.14 bits per heavy atom. The van der Waals surface area contributed by atoms with Gasteiger partial charge in [0.15, 0.2) is 5.96 Å². The first-order valence-electron chi connectivity index (χ1n) is 5.54. The average molecular weight is 195 g/mol. The van der Waals surface area contributed by atoms with Gasteiger partial charge in [0.2, 0.25) is 0 Å². The van der Waals surface area contributed by atoms with Crippen LogP contribution in [0.3, 0.4) is 0 Å². The van der Waals surface area contributed by atoms with Gasteiger partial charge in [-0.3, -0.25) is 4.99 Å². The molecule has 4 nitrogen and oxygen atoms in total. The molecule has 0 aromatic heterocycles. The summed E-state index contributed by atoms with van der Waals surface area (Å²) >= 11 is 0. The van der Waals surface area contributed by atoms with Crippen LogP contribution in [-0.2, 0) is 4.74 Å². The molecule has 0 bridgehead atoms. The van der Waals surface area contributed by atoms with E-state index in [1.807, 2.05) is 0 Å². The second kappa shape index (κ2) is 3.12. The molecule has 0 aliphatic carbocycles. The molecule has 1 spiro atoms. The standard InChI is InChI=1S/C10H17N3O/c1-2-10(3-7-14-8-10)13(6-1)9-11-4-5-12-9/h1-8H2,(H,11,12). The maximum Gasteiger partial charge on any atom is 0.194 e. The number of aliphatic imine (C=N–C) groups is 1. The largest absolute Gasteiger partial charge is 0.379 e. The van der Waals surface area contributed by atoms with Crippen LogP contribution in [-0.4, -0.2) is 49.2 Å². The zero-order valence-electron chi connectivity index (χ0n) is 8.46. The monoisotopic (exact) mass is 195 g/mol. The second-order valence-electron chi connectivity index (χ2n) is 4.41. The van der Waals surface area contributed by atoms with Crippen molar-refractivity contribution in [1.82, 2.24) is 10.2 Å². The first kappa shape index (κ1) is 8.53. The summed E-state index contributed by atoms with van der Waals surface area (Å²) < 4.78 is 5.55. The maximum absolute atomic E-state index is 5.55. The first-order chi connectivity index (χ1) is 6.91. The summed E-state index contributed by atoms with van der Waals surface area (Å²) in [6, 6.07) is 0. The van der Waals surface area contributed by atoms with E-state index in [0.717, 1.165) is 38.8 Å². The van der Waals surface area contributed by atoms with Crippen molar-refractivity contribution in [2.45, 2.75) is 24.8 Å². The lowest BCUT2D eigenvalue weighted by molar-refractivity contribution is 0.141. The van der Waals surface area contributed by atoms with E-state index in [1.54, 1.807) is 0 Å². The minimum Gasteiger partial charge on any atom is -0.379 e. The molecule has 4 heteroatoms. The molecule has 1 atom stereocenters. The van der Waals surface area contributed by atoms with Gasteiger partial charge >= 0.3 is 0 Å². The summed E-state index contributed by atoms with van der Waals surface area (Å²) in [5, 5.41) is 3.37. The van der Waals surface area contributed by atoms with Crippen LogP contribution in [0.2, 0.25) is 0 Å². The van der Waals surface area contributed by atoms with Crippen molar-refractivity contribution < 1.29 is 4.74 Å². The van der Waals surface area contributed by atoms with Gasteiger partial charge < -0.3 is 15.0 Å². The molecule has 0 aromatic rings. The molecule has 1 N–H and O–H groups in total. The summed E-state index contributed by atoms with van der Waals surface area (Å²) in [5.74, 6) is 1.12.